The number of aliphatic imine (C=N–C) groups is 1. The van der Waals surface area contributed by atoms with Gasteiger partial charge in [-0.1, -0.05) is 12.1 Å². The Morgan fingerprint density at radius 2 is 1.36 bits per heavy atom. The van der Waals surface area contributed by atoms with Crippen LogP contribution in [0.1, 0.15) is 44.1 Å². The summed E-state index contributed by atoms with van der Waals surface area (Å²) >= 11 is 0. The standard InChI is InChI=1S/C27H41N9O8/c28-10-2-1-4-18-24(42)34-17(5-3-11-31-27(29)30)23(41)32-14-21(38)33-20(13-22(39)40)26(44)36-19(25(43)35-18)12-15-6-8-16(37)9-7-15/h6-9,17-20,37H,1-5,10-14,28H2,(H,32,41)(H,33,38)(H,34,42)(H,35,43)(H,36,44)(H,39,40)(H4,29,30,31)/t17-,18+,19-,20+/m1/s1. The second-order valence-corrected chi connectivity index (χ2v) is 10.2. The monoisotopic (exact) mass is 619 g/mol. The third kappa shape index (κ3) is 12.5. The van der Waals surface area contributed by atoms with Crippen molar-refractivity contribution in [1.82, 2.24) is 26.6 Å². The maximum atomic E-state index is 13.6. The summed E-state index contributed by atoms with van der Waals surface area (Å²) in [5.41, 5.74) is 16.8. The lowest BCUT2D eigenvalue weighted by Gasteiger charge is -2.26. The number of hydrogen-bond donors (Lipinski definition) is 10. The molecule has 4 atom stereocenters. The molecule has 0 aromatic heterocycles. The van der Waals surface area contributed by atoms with Gasteiger partial charge in [0, 0.05) is 13.0 Å². The predicted octanol–water partition coefficient (Wildman–Crippen LogP) is -3.34. The fraction of sp³-hybridized carbons (Fsp3) is 0.519. The van der Waals surface area contributed by atoms with Crippen molar-refractivity contribution >= 4 is 41.5 Å². The van der Waals surface area contributed by atoms with Crippen LogP contribution in [-0.2, 0) is 35.2 Å². The van der Waals surface area contributed by atoms with Gasteiger partial charge in [0.25, 0.3) is 0 Å². The second-order valence-electron chi connectivity index (χ2n) is 10.2. The maximum Gasteiger partial charge on any atom is 0.305 e. The SMILES string of the molecule is NCCCC[C@@H]1NC(=O)[C@@H](Cc2ccc(O)cc2)NC(=O)[C@H](CC(=O)O)NC(=O)CNC(=O)[C@@H](CCCN=C(N)N)NC1=O. The molecular formula is C27H41N9O8. The fourth-order valence-electron chi connectivity index (χ4n) is 4.35. The van der Waals surface area contributed by atoms with E-state index in [-0.39, 0.29) is 43.9 Å². The Morgan fingerprint density at radius 3 is 1.98 bits per heavy atom. The first-order chi connectivity index (χ1) is 20.9. The van der Waals surface area contributed by atoms with Crippen LogP contribution in [0.2, 0.25) is 0 Å². The van der Waals surface area contributed by atoms with Crippen molar-refractivity contribution in [3.05, 3.63) is 29.8 Å². The van der Waals surface area contributed by atoms with Gasteiger partial charge in [-0.15, -0.1) is 0 Å². The molecule has 0 bridgehead atoms. The Hall–Kier alpha value is -4.93. The Bertz CT molecular complexity index is 1200. The lowest BCUT2D eigenvalue weighted by Crippen LogP contribution is -2.58. The molecule has 1 saturated heterocycles. The molecule has 242 valence electrons. The van der Waals surface area contributed by atoms with Gasteiger partial charge in [-0.3, -0.25) is 33.8 Å². The number of unbranched alkanes of at least 4 members (excludes halogenated alkanes) is 1. The van der Waals surface area contributed by atoms with Gasteiger partial charge in [0.1, 0.15) is 29.9 Å². The molecular weight excluding hydrogens is 578 g/mol. The smallest absolute Gasteiger partial charge is 0.305 e. The van der Waals surface area contributed by atoms with Crippen molar-refractivity contribution in [3.8, 4) is 5.75 Å². The number of aliphatic carboxylic acids is 1. The van der Waals surface area contributed by atoms with Crippen molar-refractivity contribution < 1.29 is 39.0 Å². The molecule has 0 unspecified atom stereocenters. The number of nitrogens with two attached hydrogens (primary N) is 3. The van der Waals surface area contributed by atoms with Gasteiger partial charge >= 0.3 is 5.97 Å². The van der Waals surface area contributed by atoms with E-state index >= 15 is 0 Å². The summed E-state index contributed by atoms with van der Waals surface area (Å²) in [7, 11) is 0. The number of carbonyl (C=O) groups is 6. The van der Waals surface area contributed by atoms with E-state index in [2.05, 4.69) is 31.6 Å². The summed E-state index contributed by atoms with van der Waals surface area (Å²) in [5.74, 6) is -5.62. The number of guanidine groups is 1. The van der Waals surface area contributed by atoms with Crippen LogP contribution in [0.5, 0.6) is 5.75 Å². The number of phenolic OH excluding ortho intramolecular Hbond substituents is 1. The second kappa shape index (κ2) is 17.9. The van der Waals surface area contributed by atoms with Crippen LogP contribution in [0, 0.1) is 0 Å². The van der Waals surface area contributed by atoms with E-state index in [9.17, 15) is 39.0 Å². The Balaban J connectivity index is 2.45. The van der Waals surface area contributed by atoms with E-state index in [1.165, 1.54) is 24.3 Å². The molecule has 1 aliphatic heterocycles. The lowest BCUT2D eigenvalue weighted by molar-refractivity contribution is -0.141. The first kappa shape index (κ1) is 35.3. The van der Waals surface area contributed by atoms with E-state index in [0.29, 0.717) is 24.9 Å². The molecule has 44 heavy (non-hydrogen) atoms. The molecule has 0 spiro atoms. The zero-order chi connectivity index (χ0) is 32.6. The van der Waals surface area contributed by atoms with Gasteiger partial charge in [0.05, 0.1) is 13.0 Å². The third-order valence-corrected chi connectivity index (χ3v) is 6.62. The number of phenols is 1. The van der Waals surface area contributed by atoms with E-state index in [1.54, 1.807) is 0 Å². The minimum atomic E-state index is -1.59. The molecule has 1 aliphatic rings. The first-order valence-electron chi connectivity index (χ1n) is 14.1. The third-order valence-electron chi connectivity index (χ3n) is 6.62. The quantitative estimate of drug-likeness (QED) is 0.0626. The van der Waals surface area contributed by atoms with Gasteiger partial charge in [0.2, 0.25) is 29.5 Å². The summed E-state index contributed by atoms with van der Waals surface area (Å²) in [4.78, 5) is 81.2. The highest BCUT2D eigenvalue weighted by Crippen LogP contribution is 2.13. The number of nitrogens with zero attached hydrogens (tertiary/aromatic N) is 1. The van der Waals surface area contributed by atoms with Crippen molar-refractivity contribution in [1.29, 1.82) is 0 Å². The fourth-order valence-corrected chi connectivity index (χ4v) is 4.35. The highest BCUT2D eigenvalue weighted by atomic mass is 16.4. The number of carboxylic acids is 1. The van der Waals surface area contributed by atoms with Crippen LogP contribution >= 0.6 is 0 Å². The molecule has 0 aliphatic carbocycles. The van der Waals surface area contributed by atoms with Gasteiger partial charge in [-0.05, 0) is 56.3 Å². The van der Waals surface area contributed by atoms with Crippen molar-refractivity contribution in [2.24, 2.45) is 22.2 Å². The van der Waals surface area contributed by atoms with Gasteiger partial charge in [0.15, 0.2) is 5.96 Å². The van der Waals surface area contributed by atoms with E-state index in [4.69, 9.17) is 17.2 Å². The molecule has 1 aromatic rings. The van der Waals surface area contributed by atoms with Crippen LogP contribution in [0.4, 0.5) is 0 Å². The molecule has 17 nitrogen and oxygen atoms in total. The summed E-state index contributed by atoms with van der Waals surface area (Å²) in [5, 5.41) is 31.4. The van der Waals surface area contributed by atoms with Gasteiger partial charge in [-0.2, -0.15) is 0 Å². The van der Waals surface area contributed by atoms with Crippen LogP contribution in [0.15, 0.2) is 29.3 Å². The summed E-state index contributed by atoms with van der Waals surface area (Å²) in [6.07, 6.45) is 0.582. The summed E-state index contributed by atoms with van der Waals surface area (Å²) < 4.78 is 0. The number of benzene rings is 1. The maximum absolute atomic E-state index is 13.6. The lowest BCUT2D eigenvalue weighted by atomic mass is 10.0. The molecule has 13 N–H and O–H groups in total. The zero-order valence-electron chi connectivity index (χ0n) is 24.2. The molecule has 1 aromatic carbocycles. The molecule has 0 radical (unpaired) electrons. The van der Waals surface area contributed by atoms with E-state index in [1.807, 2.05) is 0 Å². The Labute approximate surface area is 253 Å². The van der Waals surface area contributed by atoms with E-state index < -0.39 is 72.6 Å². The number of hydrogen-bond acceptors (Lipinski definition) is 9. The number of aromatic hydroxyl groups is 1. The van der Waals surface area contributed by atoms with Crippen LogP contribution in [0.25, 0.3) is 0 Å². The molecule has 5 amide bonds. The number of rotatable bonds is 12. The average molecular weight is 620 g/mol. The molecule has 17 heteroatoms. The minimum absolute atomic E-state index is 0.0267. The largest absolute Gasteiger partial charge is 0.508 e. The normalized spacial score (nSPS) is 21.8. The first-order valence-corrected chi connectivity index (χ1v) is 14.1. The van der Waals surface area contributed by atoms with E-state index in [0.717, 1.165) is 0 Å². The van der Waals surface area contributed by atoms with Crippen molar-refractivity contribution in [2.75, 3.05) is 19.6 Å². The van der Waals surface area contributed by atoms with Crippen molar-refractivity contribution in [2.45, 2.75) is 69.1 Å². The number of carboxylic acid groups (broad SMARTS) is 1. The minimum Gasteiger partial charge on any atom is -0.508 e. The molecule has 2 rings (SSSR count). The van der Waals surface area contributed by atoms with Gasteiger partial charge < -0.3 is 54.0 Å². The summed E-state index contributed by atoms with van der Waals surface area (Å²) in [6.45, 7) is -0.136. The van der Waals surface area contributed by atoms with Crippen LogP contribution in [-0.4, -0.2) is 95.5 Å². The predicted molar refractivity (Wildman–Crippen MR) is 158 cm³/mol. The molecule has 1 fully saturated rings. The topological polar surface area (TPSA) is 293 Å². The Kier molecular flexibility index (Phi) is 14.3. The summed E-state index contributed by atoms with van der Waals surface area (Å²) in [6, 6.07) is 0.627. The van der Waals surface area contributed by atoms with Crippen molar-refractivity contribution in [3.63, 3.8) is 0 Å². The number of carbonyl (C=O) groups excluding carboxylic acids is 5. The molecule has 1 heterocycles. The average Bonchev–Trinajstić information content (AvgIpc) is 2.96. The van der Waals surface area contributed by atoms with Gasteiger partial charge in [-0.25, -0.2) is 0 Å². The number of amides is 5. The zero-order valence-corrected chi connectivity index (χ0v) is 24.2. The van der Waals surface area contributed by atoms with Crippen LogP contribution < -0.4 is 43.8 Å². The van der Waals surface area contributed by atoms with Crippen LogP contribution in [0.3, 0.4) is 0 Å². The highest BCUT2D eigenvalue weighted by molar-refractivity contribution is 5.98. The Morgan fingerprint density at radius 1 is 0.795 bits per heavy atom. The molecule has 0 saturated carbocycles. The highest BCUT2D eigenvalue weighted by Gasteiger charge is 2.33. The number of nitrogens with one attached hydrogen (secondary N) is 5.